The lowest BCUT2D eigenvalue weighted by Crippen LogP contribution is -2.23. The molecule has 0 radical (unpaired) electrons. The number of halogens is 1. The average Bonchev–Trinajstić information content (AvgIpc) is 2.46. The molecule has 1 unspecified atom stereocenters. The number of pyridine rings is 1. The second-order valence-corrected chi connectivity index (χ2v) is 4.96. The first-order valence-electron chi connectivity index (χ1n) is 6.42. The van der Waals surface area contributed by atoms with E-state index in [2.05, 4.69) is 4.98 Å². The summed E-state index contributed by atoms with van der Waals surface area (Å²) in [6.45, 7) is 1.67. The fraction of sp³-hybridized carbons (Fsp3) is 0.118. The summed E-state index contributed by atoms with van der Waals surface area (Å²) in [5.74, 6) is -0.360. The van der Waals surface area contributed by atoms with Crippen molar-refractivity contribution >= 4 is 10.9 Å². The van der Waals surface area contributed by atoms with Gasteiger partial charge in [-0.3, -0.25) is 4.98 Å². The summed E-state index contributed by atoms with van der Waals surface area (Å²) >= 11 is 0. The summed E-state index contributed by atoms with van der Waals surface area (Å²) in [4.78, 5) is 4.28. The second-order valence-electron chi connectivity index (χ2n) is 4.96. The van der Waals surface area contributed by atoms with E-state index in [1.165, 1.54) is 12.1 Å². The Morgan fingerprint density at radius 1 is 1.05 bits per heavy atom. The van der Waals surface area contributed by atoms with Gasteiger partial charge in [0.05, 0.1) is 5.52 Å². The molecule has 3 aromatic rings. The van der Waals surface area contributed by atoms with Crippen LogP contribution in [-0.2, 0) is 5.60 Å². The van der Waals surface area contributed by atoms with Crippen LogP contribution >= 0.6 is 0 Å². The molecule has 0 aliphatic rings. The molecule has 1 atom stereocenters. The predicted molar refractivity (Wildman–Crippen MR) is 76.8 cm³/mol. The maximum Gasteiger partial charge on any atom is 0.123 e. The Morgan fingerprint density at radius 2 is 1.85 bits per heavy atom. The lowest BCUT2D eigenvalue weighted by molar-refractivity contribution is 0.103. The van der Waals surface area contributed by atoms with Crippen molar-refractivity contribution in [3.8, 4) is 0 Å². The molecule has 0 bridgehead atoms. The number of fused-ring (bicyclic) bond motifs is 1. The minimum absolute atomic E-state index is 0.360. The second kappa shape index (κ2) is 4.69. The Labute approximate surface area is 116 Å². The summed E-state index contributed by atoms with van der Waals surface area (Å²) in [5.41, 5.74) is 0.772. The van der Waals surface area contributed by atoms with E-state index in [1.807, 2.05) is 30.3 Å². The van der Waals surface area contributed by atoms with Gasteiger partial charge in [-0.1, -0.05) is 30.3 Å². The first-order chi connectivity index (χ1) is 9.59. The van der Waals surface area contributed by atoms with Gasteiger partial charge >= 0.3 is 0 Å². The Kier molecular flexibility index (Phi) is 2.99. The smallest absolute Gasteiger partial charge is 0.123 e. The molecule has 2 nitrogen and oxygen atoms in total. The monoisotopic (exact) mass is 267 g/mol. The molecule has 0 fully saturated rings. The SMILES string of the molecule is CC(O)(c1cccc(F)c1)c1cccc2ncccc12. The first-order valence-corrected chi connectivity index (χ1v) is 6.42. The summed E-state index contributed by atoms with van der Waals surface area (Å²) in [7, 11) is 0. The lowest BCUT2D eigenvalue weighted by atomic mass is 9.86. The molecule has 0 saturated carbocycles. The van der Waals surface area contributed by atoms with Crippen molar-refractivity contribution < 1.29 is 9.50 Å². The van der Waals surface area contributed by atoms with Gasteiger partial charge in [0.25, 0.3) is 0 Å². The minimum Gasteiger partial charge on any atom is -0.381 e. The lowest BCUT2D eigenvalue weighted by Gasteiger charge is -2.26. The van der Waals surface area contributed by atoms with E-state index >= 15 is 0 Å². The summed E-state index contributed by atoms with van der Waals surface area (Å²) in [5, 5.41) is 11.8. The molecule has 1 heterocycles. The minimum atomic E-state index is -1.27. The van der Waals surface area contributed by atoms with Gasteiger partial charge in [0, 0.05) is 11.6 Å². The van der Waals surface area contributed by atoms with Gasteiger partial charge in [-0.25, -0.2) is 4.39 Å². The largest absolute Gasteiger partial charge is 0.381 e. The first kappa shape index (κ1) is 12.8. The summed E-state index contributed by atoms with van der Waals surface area (Å²) in [6, 6.07) is 15.4. The molecular weight excluding hydrogens is 253 g/mol. The fourth-order valence-corrected chi connectivity index (χ4v) is 2.47. The van der Waals surface area contributed by atoms with Crippen LogP contribution in [0, 0.1) is 5.82 Å². The molecule has 3 heteroatoms. The van der Waals surface area contributed by atoms with Crippen LogP contribution in [0.15, 0.2) is 60.8 Å². The van der Waals surface area contributed by atoms with Crippen LogP contribution in [0.25, 0.3) is 10.9 Å². The highest BCUT2D eigenvalue weighted by atomic mass is 19.1. The highest BCUT2D eigenvalue weighted by molar-refractivity contribution is 5.83. The van der Waals surface area contributed by atoms with E-state index in [1.54, 1.807) is 25.3 Å². The van der Waals surface area contributed by atoms with E-state index in [4.69, 9.17) is 0 Å². The predicted octanol–water partition coefficient (Wildman–Crippen LogP) is 3.63. The number of aliphatic hydroxyl groups is 1. The van der Waals surface area contributed by atoms with Crippen molar-refractivity contribution in [1.82, 2.24) is 4.98 Å². The number of rotatable bonds is 2. The quantitative estimate of drug-likeness (QED) is 0.769. The van der Waals surface area contributed by atoms with E-state index in [0.29, 0.717) is 11.1 Å². The zero-order valence-corrected chi connectivity index (χ0v) is 11.0. The van der Waals surface area contributed by atoms with Crippen LogP contribution in [0.1, 0.15) is 18.1 Å². The summed E-state index contributed by atoms with van der Waals surface area (Å²) < 4.78 is 13.4. The van der Waals surface area contributed by atoms with Gasteiger partial charge in [-0.15, -0.1) is 0 Å². The van der Waals surface area contributed by atoms with Crippen LogP contribution in [0.3, 0.4) is 0 Å². The Bertz CT molecular complexity index is 762. The molecule has 0 amide bonds. The zero-order valence-electron chi connectivity index (χ0n) is 11.0. The molecule has 20 heavy (non-hydrogen) atoms. The van der Waals surface area contributed by atoms with Crippen LogP contribution in [0.4, 0.5) is 4.39 Å². The van der Waals surface area contributed by atoms with Gasteiger partial charge in [0.1, 0.15) is 11.4 Å². The molecule has 0 spiro atoms. The molecule has 2 aromatic carbocycles. The third-order valence-corrected chi connectivity index (χ3v) is 3.56. The van der Waals surface area contributed by atoms with Gasteiger partial charge in [0.2, 0.25) is 0 Å². The van der Waals surface area contributed by atoms with Crippen LogP contribution in [0.2, 0.25) is 0 Å². The number of benzene rings is 2. The van der Waals surface area contributed by atoms with E-state index in [-0.39, 0.29) is 5.82 Å². The van der Waals surface area contributed by atoms with E-state index in [9.17, 15) is 9.50 Å². The van der Waals surface area contributed by atoms with E-state index in [0.717, 1.165) is 10.9 Å². The number of aromatic nitrogens is 1. The number of hydrogen-bond acceptors (Lipinski definition) is 2. The number of hydrogen-bond donors (Lipinski definition) is 1. The van der Waals surface area contributed by atoms with Crippen molar-refractivity contribution in [2.45, 2.75) is 12.5 Å². The van der Waals surface area contributed by atoms with Crippen molar-refractivity contribution in [3.05, 3.63) is 77.7 Å². The highest BCUT2D eigenvalue weighted by Gasteiger charge is 2.27. The average molecular weight is 267 g/mol. The maximum absolute atomic E-state index is 13.4. The zero-order chi connectivity index (χ0) is 14.2. The maximum atomic E-state index is 13.4. The summed E-state index contributed by atoms with van der Waals surface area (Å²) in [6.07, 6.45) is 1.71. The molecule has 0 aliphatic heterocycles. The fourth-order valence-electron chi connectivity index (χ4n) is 2.47. The molecule has 1 aromatic heterocycles. The van der Waals surface area contributed by atoms with Crippen molar-refractivity contribution in [2.24, 2.45) is 0 Å². The normalized spacial score (nSPS) is 14.2. The van der Waals surface area contributed by atoms with Gasteiger partial charge < -0.3 is 5.11 Å². The molecule has 3 rings (SSSR count). The molecule has 0 aliphatic carbocycles. The Balaban J connectivity index is 2.23. The topological polar surface area (TPSA) is 33.1 Å². The van der Waals surface area contributed by atoms with Crippen LogP contribution in [-0.4, -0.2) is 10.1 Å². The van der Waals surface area contributed by atoms with Crippen LogP contribution < -0.4 is 0 Å². The van der Waals surface area contributed by atoms with Gasteiger partial charge in [-0.2, -0.15) is 0 Å². The standard InChI is InChI=1S/C17H14FNO/c1-17(20,12-5-2-6-13(18)11-12)15-8-3-9-16-14(15)7-4-10-19-16/h2-11,20H,1H3. The molecule has 1 N–H and O–H groups in total. The highest BCUT2D eigenvalue weighted by Crippen LogP contribution is 2.33. The third kappa shape index (κ3) is 2.06. The van der Waals surface area contributed by atoms with Crippen molar-refractivity contribution in [1.29, 1.82) is 0 Å². The Hall–Kier alpha value is -2.26. The van der Waals surface area contributed by atoms with Crippen molar-refractivity contribution in [3.63, 3.8) is 0 Å². The van der Waals surface area contributed by atoms with Gasteiger partial charge in [-0.05, 0) is 42.3 Å². The molecule has 0 saturated heterocycles. The Morgan fingerprint density at radius 3 is 2.65 bits per heavy atom. The van der Waals surface area contributed by atoms with Gasteiger partial charge in [0.15, 0.2) is 0 Å². The molecule has 100 valence electrons. The third-order valence-electron chi connectivity index (χ3n) is 3.56. The van der Waals surface area contributed by atoms with E-state index < -0.39 is 5.60 Å². The van der Waals surface area contributed by atoms with Crippen LogP contribution in [0.5, 0.6) is 0 Å². The molecular formula is C17H14FNO. The number of nitrogens with zero attached hydrogens (tertiary/aromatic N) is 1. The van der Waals surface area contributed by atoms with Crippen molar-refractivity contribution in [2.75, 3.05) is 0 Å².